The summed E-state index contributed by atoms with van der Waals surface area (Å²) < 4.78 is 35.0. The number of ketones is 1. The number of ether oxygens (including phenoxy) is 6. The quantitative estimate of drug-likeness (QED) is 0.449. The monoisotopic (exact) mass is 569 g/mol. The van der Waals surface area contributed by atoms with Gasteiger partial charge in [-0.2, -0.15) is 0 Å². The van der Waals surface area contributed by atoms with E-state index < -0.39 is 72.1 Å². The molecule has 2 heterocycles. The third-order valence-electron chi connectivity index (χ3n) is 6.86. The fraction of sp³-hybridized carbons (Fsp3) is 0.467. The molecule has 5 atom stereocenters. The molecule has 4 rings (SSSR count). The zero-order valence-corrected chi connectivity index (χ0v) is 23.7. The molecule has 1 N–H and O–H groups in total. The molecule has 1 amide bonds. The van der Waals surface area contributed by atoms with Crippen LogP contribution < -0.4 is 5.32 Å². The number of carbonyl (C=O) groups excluding carboxylic acids is 4. The van der Waals surface area contributed by atoms with Crippen molar-refractivity contribution in [1.82, 2.24) is 5.32 Å². The summed E-state index contributed by atoms with van der Waals surface area (Å²) in [5.74, 6) is -6.00. The van der Waals surface area contributed by atoms with Crippen LogP contribution >= 0.6 is 0 Å². The van der Waals surface area contributed by atoms with Gasteiger partial charge in [0.05, 0.1) is 13.0 Å². The van der Waals surface area contributed by atoms with Crippen LogP contribution in [-0.2, 0) is 47.6 Å². The molecule has 2 saturated heterocycles. The maximum atomic E-state index is 13.9. The van der Waals surface area contributed by atoms with Gasteiger partial charge in [-0.3, -0.25) is 14.4 Å². The molecule has 0 radical (unpaired) electrons. The maximum Gasteiger partial charge on any atom is 0.368 e. The van der Waals surface area contributed by atoms with Crippen LogP contribution in [-0.4, -0.2) is 73.3 Å². The minimum atomic E-state index is -2.22. The third-order valence-corrected chi connectivity index (χ3v) is 6.86. The van der Waals surface area contributed by atoms with Crippen molar-refractivity contribution in [2.45, 2.75) is 76.1 Å². The molecule has 11 heteroatoms. The number of hydrogen-bond acceptors (Lipinski definition) is 10. The molecule has 0 saturated carbocycles. The molecule has 2 aliphatic rings. The molecule has 0 aliphatic carbocycles. The highest BCUT2D eigenvalue weighted by molar-refractivity contribution is 5.95. The number of esters is 2. The van der Waals surface area contributed by atoms with Crippen LogP contribution in [0.1, 0.15) is 51.3 Å². The summed E-state index contributed by atoms with van der Waals surface area (Å²) in [4.78, 5) is 51.8. The number of benzene rings is 2. The van der Waals surface area contributed by atoms with Crippen LogP contribution in [0.15, 0.2) is 60.7 Å². The molecule has 220 valence electrons. The Hall–Kier alpha value is -3.64. The third kappa shape index (κ3) is 6.99. The van der Waals surface area contributed by atoms with Crippen LogP contribution in [0, 0.1) is 0 Å². The lowest BCUT2D eigenvalue weighted by Crippen LogP contribution is -2.67. The van der Waals surface area contributed by atoms with E-state index in [0.29, 0.717) is 11.1 Å². The predicted molar refractivity (Wildman–Crippen MR) is 143 cm³/mol. The molecule has 0 unspecified atom stereocenters. The Morgan fingerprint density at radius 1 is 0.927 bits per heavy atom. The normalized spacial score (nSPS) is 26.3. The highest BCUT2D eigenvalue weighted by Crippen LogP contribution is 2.37. The number of carbonyl (C=O) groups is 4. The number of methoxy groups -OCH3 is 1. The standard InChI is InChI=1S/C30H35NO10/c1-18(32)31-24-22(34)16-30(36-5,41-27(24)26(38-19(2)33)23-17-37-29(3,4)40-23)28(35)39-25(20-12-8-6-9-13-20)21-14-10-7-11-15-21/h6-15,23-27H,16-17H2,1-5H3,(H,31,32)/t23-,24-,26-,27-,30+/m1/s1. The van der Waals surface area contributed by atoms with Crippen molar-refractivity contribution in [2.75, 3.05) is 13.7 Å². The number of amides is 1. The highest BCUT2D eigenvalue weighted by Gasteiger charge is 2.58. The summed E-state index contributed by atoms with van der Waals surface area (Å²) in [5.41, 5.74) is 1.37. The van der Waals surface area contributed by atoms with Crippen LogP contribution in [0.25, 0.3) is 0 Å². The van der Waals surface area contributed by atoms with Crippen molar-refractivity contribution in [3.8, 4) is 0 Å². The van der Waals surface area contributed by atoms with Gasteiger partial charge in [-0.15, -0.1) is 0 Å². The molecule has 0 bridgehead atoms. The molecule has 0 aromatic heterocycles. The number of hydrogen-bond donors (Lipinski definition) is 1. The number of nitrogens with one attached hydrogen (secondary N) is 1. The summed E-state index contributed by atoms with van der Waals surface area (Å²) in [6, 6.07) is 16.9. The Morgan fingerprint density at radius 2 is 1.51 bits per heavy atom. The zero-order chi connectivity index (χ0) is 29.8. The van der Waals surface area contributed by atoms with E-state index in [9.17, 15) is 19.2 Å². The second-order valence-corrected chi connectivity index (χ2v) is 10.4. The average Bonchev–Trinajstić information content (AvgIpc) is 3.31. The minimum absolute atomic E-state index is 0.000303. The fourth-order valence-electron chi connectivity index (χ4n) is 5.02. The molecular weight excluding hydrogens is 534 g/mol. The van der Waals surface area contributed by atoms with E-state index in [1.165, 1.54) is 21.0 Å². The first kappa shape index (κ1) is 30.3. The molecule has 41 heavy (non-hydrogen) atoms. The zero-order valence-electron chi connectivity index (χ0n) is 23.7. The molecule has 2 aromatic carbocycles. The van der Waals surface area contributed by atoms with Crippen molar-refractivity contribution in [2.24, 2.45) is 0 Å². The Bertz CT molecular complexity index is 1210. The van der Waals surface area contributed by atoms with Gasteiger partial charge in [0.15, 0.2) is 23.8 Å². The molecule has 11 nitrogen and oxygen atoms in total. The van der Waals surface area contributed by atoms with E-state index in [4.69, 9.17) is 28.4 Å². The Balaban J connectivity index is 1.71. The highest BCUT2D eigenvalue weighted by atomic mass is 16.8. The number of Topliss-reactive ketones (excluding diaryl/α,β-unsaturated/α-hetero) is 1. The molecule has 2 fully saturated rings. The van der Waals surface area contributed by atoms with E-state index in [1.807, 2.05) is 60.7 Å². The van der Waals surface area contributed by atoms with Gasteiger partial charge in [0.25, 0.3) is 5.79 Å². The van der Waals surface area contributed by atoms with Crippen LogP contribution in [0.3, 0.4) is 0 Å². The topological polar surface area (TPSA) is 136 Å². The van der Waals surface area contributed by atoms with Gasteiger partial charge in [0.1, 0.15) is 18.2 Å². The van der Waals surface area contributed by atoms with E-state index in [0.717, 1.165) is 0 Å². The van der Waals surface area contributed by atoms with Crippen molar-refractivity contribution in [3.05, 3.63) is 71.8 Å². The summed E-state index contributed by atoms with van der Waals surface area (Å²) in [6.07, 6.45) is -4.94. The average molecular weight is 570 g/mol. The predicted octanol–water partition coefficient (Wildman–Crippen LogP) is 2.61. The van der Waals surface area contributed by atoms with E-state index in [1.54, 1.807) is 13.8 Å². The first-order chi connectivity index (χ1) is 19.4. The molecular formula is C30H35NO10. The molecule has 2 aliphatic heterocycles. The summed E-state index contributed by atoms with van der Waals surface area (Å²) in [6.45, 7) is 5.79. The van der Waals surface area contributed by atoms with Crippen LogP contribution in [0.4, 0.5) is 0 Å². The van der Waals surface area contributed by atoms with Gasteiger partial charge in [-0.25, -0.2) is 4.79 Å². The largest absolute Gasteiger partial charge is 0.457 e. The first-order valence-corrected chi connectivity index (χ1v) is 13.3. The van der Waals surface area contributed by atoms with Gasteiger partial charge >= 0.3 is 11.9 Å². The van der Waals surface area contributed by atoms with Gasteiger partial charge in [-0.1, -0.05) is 60.7 Å². The second-order valence-electron chi connectivity index (χ2n) is 10.4. The maximum absolute atomic E-state index is 13.9. The lowest BCUT2D eigenvalue weighted by Gasteiger charge is -2.44. The van der Waals surface area contributed by atoms with Crippen LogP contribution in [0.2, 0.25) is 0 Å². The Kier molecular flexibility index (Phi) is 9.23. The summed E-state index contributed by atoms with van der Waals surface area (Å²) in [7, 11) is 1.21. The molecule has 2 aromatic rings. The van der Waals surface area contributed by atoms with Crippen molar-refractivity contribution < 1.29 is 47.6 Å². The lowest BCUT2D eigenvalue weighted by atomic mass is 9.89. The minimum Gasteiger partial charge on any atom is -0.457 e. The van der Waals surface area contributed by atoms with Crippen molar-refractivity contribution in [3.63, 3.8) is 0 Å². The van der Waals surface area contributed by atoms with E-state index in [-0.39, 0.29) is 6.61 Å². The molecule has 0 spiro atoms. The fourth-order valence-corrected chi connectivity index (χ4v) is 5.02. The Morgan fingerprint density at radius 3 is 1.98 bits per heavy atom. The van der Waals surface area contributed by atoms with Crippen molar-refractivity contribution >= 4 is 23.6 Å². The lowest BCUT2D eigenvalue weighted by molar-refractivity contribution is -0.287. The Labute approximate surface area is 238 Å². The smallest absolute Gasteiger partial charge is 0.368 e. The second kappa shape index (κ2) is 12.5. The van der Waals surface area contributed by atoms with Gasteiger partial charge in [0.2, 0.25) is 5.91 Å². The van der Waals surface area contributed by atoms with Crippen LogP contribution in [0.5, 0.6) is 0 Å². The van der Waals surface area contributed by atoms with Gasteiger partial charge < -0.3 is 33.7 Å². The van der Waals surface area contributed by atoms with E-state index in [2.05, 4.69) is 5.32 Å². The first-order valence-electron chi connectivity index (χ1n) is 13.3. The summed E-state index contributed by atoms with van der Waals surface area (Å²) >= 11 is 0. The SMILES string of the molecule is CO[C@@]1(C(=O)OC(c2ccccc2)c2ccccc2)CC(=O)[C@@H](NC(C)=O)[C@H]([C@H](OC(C)=O)[C@H]2COC(C)(C)O2)O1. The number of rotatable bonds is 9. The van der Waals surface area contributed by atoms with Crippen molar-refractivity contribution in [1.29, 1.82) is 0 Å². The summed E-state index contributed by atoms with van der Waals surface area (Å²) in [5, 5.41) is 2.56. The van der Waals surface area contributed by atoms with Gasteiger partial charge in [-0.05, 0) is 25.0 Å². The van der Waals surface area contributed by atoms with Gasteiger partial charge in [0, 0.05) is 21.0 Å². The van der Waals surface area contributed by atoms with E-state index >= 15 is 0 Å².